The van der Waals surface area contributed by atoms with Crippen LogP contribution < -0.4 is 10.6 Å². The number of carbonyl (C=O) groups is 3. The van der Waals surface area contributed by atoms with Gasteiger partial charge in [0, 0.05) is 11.6 Å². The molecule has 3 unspecified atom stereocenters. The van der Waals surface area contributed by atoms with Crippen LogP contribution in [0.4, 0.5) is 4.79 Å². The standard InChI is InChI=1S/C23H34N4O6/c1-6-9-15(2)25-20(30)19(16-10-7-8-11-18(16)29)27(13-12-24)21(31)17(14-28)26-22(32)33-23(3,4)5/h7-8,10-11,15,17,19,28-29H,6,9,13-14H2,1-5H3,(H,25,30)(H,26,32). The summed E-state index contributed by atoms with van der Waals surface area (Å²) >= 11 is 0. The number of carbonyl (C=O) groups excluding carboxylic acids is 3. The van der Waals surface area contributed by atoms with E-state index in [2.05, 4.69) is 10.6 Å². The van der Waals surface area contributed by atoms with E-state index in [4.69, 9.17) is 4.74 Å². The third-order valence-corrected chi connectivity index (χ3v) is 4.60. The fraction of sp³-hybridized carbons (Fsp3) is 0.565. The monoisotopic (exact) mass is 462 g/mol. The van der Waals surface area contributed by atoms with Gasteiger partial charge in [0.25, 0.3) is 0 Å². The highest BCUT2D eigenvalue weighted by Crippen LogP contribution is 2.29. The van der Waals surface area contributed by atoms with Gasteiger partial charge in [0.1, 0.15) is 30.0 Å². The third kappa shape index (κ3) is 8.61. The molecule has 10 heteroatoms. The molecular formula is C23H34N4O6. The van der Waals surface area contributed by atoms with Crippen molar-refractivity contribution in [3.8, 4) is 11.8 Å². The smallest absolute Gasteiger partial charge is 0.408 e. The number of aliphatic hydroxyl groups excluding tert-OH is 1. The van der Waals surface area contributed by atoms with Gasteiger partial charge in [0.2, 0.25) is 11.8 Å². The minimum Gasteiger partial charge on any atom is -0.508 e. The van der Waals surface area contributed by atoms with Gasteiger partial charge < -0.3 is 30.5 Å². The maximum Gasteiger partial charge on any atom is 0.408 e. The van der Waals surface area contributed by atoms with Crippen LogP contribution in [-0.2, 0) is 14.3 Å². The van der Waals surface area contributed by atoms with E-state index >= 15 is 0 Å². The van der Waals surface area contributed by atoms with Gasteiger partial charge in [0.15, 0.2) is 0 Å². The number of ether oxygens (including phenoxy) is 1. The van der Waals surface area contributed by atoms with E-state index in [1.807, 2.05) is 13.0 Å². The number of para-hydroxylation sites is 1. The van der Waals surface area contributed by atoms with Crippen molar-refractivity contribution in [1.82, 2.24) is 15.5 Å². The van der Waals surface area contributed by atoms with Gasteiger partial charge in [-0.3, -0.25) is 9.59 Å². The van der Waals surface area contributed by atoms with Gasteiger partial charge in [-0.15, -0.1) is 0 Å². The largest absolute Gasteiger partial charge is 0.508 e. The highest BCUT2D eigenvalue weighted by atomic mass is 16.6. The summed E-state index contributed by atoms with van der Waals surface area (Å²) in [5.74, 6) is -1.72. The highest BCUT2D eigenvalue weighted by Gasteiger charge is 2.37. The van der Waals surface area contributed by atoms with E-state index in [-0.39, 0.29) is 17.4 Å². The van der Waals surface area contributed by atoms with E-state index in [0.717, 1.165) is 11.3 Å². The molecule has 0 heterocycles. The van der Waals surface area contributed by atoms with E-state index in [1.165, 1.54) is 12.1 Å². The molecule has 0 bridgehead atoms. The Hall–Kier alpha value is -3.32. The molecule has 10 nitrogen and oxygen atoms in total. The molecule has 0 radical (unpaired) electrons. The predicted octanol–water partition coefficient (Wildman–Crippen LogP) is 1.98. The molecule has 33 heavy (non-hydrogen) atoms. The van der Waals surface area contributed by atoms with Crippen molar-refractivity contribution in [1.29, 1.82) is 5.26 Å². The Bertz CT molecular complexity index is 861. The molecule has 4 N–H and O–H groups in total. The Morgan fingerprint density at radius 1 is 1.21 bits per heavy atom. The number of nitrogens with zero attached hydrogens (tertiary/aromatic N) is 2. The van der Waals surface area contributed by atoms with Crippen LogP contribution in [0.15, 0.2) is 24.3 Å². The zero-order chi connectivity index (χ0) is 25.2. The number of nitrogens with one attached hydrogen (secondary N) is 2. The highest BCUT2D eigenvalue weighted by molar-refractivity contribution is 5.92. The molecule has 0 saturated carbocycles. The first kappa shape index (κ1) is 27.7. The van der Waals surface area contributed by atoms with E-state index in [0.29, 0.717) is 6.42 Å². The summed E-state index contributed by atoms with van der Waals surface area (Å²) in [6.07, 6.45) is 0.563. The minimum atomic E-state index is -1.47. The van der Waals surface area contributed by atoms with Crippen LogP contribution in [-0.4, -0.2) is 63.9 Å². The average molecular weight is 463 g/mol. The van der Waals surface area contributed by atoms with Gasteiger partial charge in [-0.2, -0.15) is 5.26 Å². The second-order valence-corrected chi connectivity index (χ2v) is 8.67. The van der Waals surface area contributed by atoms with Gasteiger partial charge in [0.05, 0.1) is 12.7 Å². The Morgan fingerprint density at radius 2 is 1.85 bits per heavy atom. The molecule has 0 aliphatic heterocycles. The summed E-state index contributed by atoms with van der Waals surface area (Å²) in [6.45, 7) is 7.37. The zero-order valence-electron chi connectivity index (χ0n) is 19.8. The molecule has 0 spiro atoms. The molecule has 1 aromatic carbocycles. The van der Waals surface area contributed by atoms with E-state index in [1.54, 1.807) is 39.8 Å². The van der Waals surface area contributed by atoms with Gasteiger partial charge in [-0.1, -0.05) is 31.5 Å². The first-order valence-electron chi connectivity index (χ1n) is 10.8. The van der Waals surface area contributed by atoms with Crippen LogP contribution in [0, 0.1) is 11.3 Å². The molecule has 3 amide bonds. The fourth-order valence-electron chi connectivity index (χ4n) is 3.20. The fourth-order valence-corrected chi connectivity index (χ4v) is 3.20. The third-order valence-electron chi connectivity index (χ3n) is 4.60. The maximum atomic E-state index is 13.3. The molecule has 0 aromatic heterocycles. The number of phenols is 1. The summed E-state index contributed by atoms with van der Waals surface area (Å²) < 4.78 is 5.13. The molecule has 0 fully saturated rings. The summed E-state index contributed by atoms with van der Waals surface area (Å²) in [7, 11) is 0. The van der Waals surface area contributed by atoms with Crippen molar-refractivity contribution in [2.75, 3.05) is 13.2 Å². The van der Waals surface area contributed by atoms with Crippen molar-refractivity contribution in [3.63, 3.8) is 0 Å². The Kier molecular flexibility index (Phi) is 10.6. The molecule has 1 aromatic rings. The van der Waals surface area contributed by atoms with Crippen molar-refractivity contribution in [3.05, 3.63) is 29.8 Å². The number of phenolic OH excluding ortho intramolecular Hbond substituents is 1. The first-order valence-corrected chi connectivity index (χ1v) is 10.8. The molecule has 0 saturated heterocycles. The summed E-state index contributed by atoms with van der Waals surface area (Å²) in [6, 6.07) is 4.76. The van der Waals surface area contributed by atoms with Gasteiger partial charge in [-0.05, 0) is 40.2 Å². The van der Waals surface area contributed by atoms with Crippen LogP contribution in [0.25, 0.3) is 0 Å². The normalized spacial score (nSPS) is 13.7. The predicted molar refractivity (Wildman–Crippen MR) is 121 cm³/mol. The average Bonchev–Trinajstić information content (AvgIpc) is 2.71. The Balaban J connectivity index is 3.35. The number of hydrogen-bond acceptors (Lipinski definition) is 7. The first-order chi connectivity index (χ1) is 15.4. The topological polar surface area (TPSA) is 152 Å². The number of benzene rings is 1. The van der Waals surface area contributed by atoms with Crippen molar-refractivity contribution in [2.24, 2.45) is 0 Å². The number of nitriles is 1. The number of hydrogen-bond donors (Lipinski definition) is 4. The lowest BCUT2D eigenvalue weighted by molar-refractivity contribution is -0.142. The maximum absolute atomic E-state index is 13.3. The summed E-state index contributed by atoms with van der Waals surface area (Å²) in [4.78, 5) is 39.6. The molecule has 182 valence electrons. The van der Waals surface area contributed by atoms with Crippen LogP contribution in [0.2, 0.25) is 0 Å². The van der Waals surface area contributed by atoms with Gasteiger partial charge in [-0.25, -0.2) is 4.79 Å². The minimum absolute atomic E-state index is 0.108. The Morgan fingerprint density at radius 3 is 2.36 bits per heavy atom. The van der Waals surface area contributed by atoms with Crippen LogP contribution in [0.3, 0.4) is 0 Å². The lowest BCUT2D eigenvalue weighted by Gasteiger charge is -2.33. The van der Waals surface area contributed by atoms with Crippen LogP contribution in [0.1, 0.15) is 59.1 Å². The second kappa shape index (κ2) is 12.6. The number of aliphatic hydroxyl groups is 1. The number of alkyl carbamates (subject to hydrolysis) is 1. The van der Waals surface area contributed by atoms with E-state index < -0.39 is 48.7 Å². The molecule has 0 aliphatic carbocycles. The number of amides is 3. The molecule has 3 atom stereocenters. The van der Waals surface area contributed by atoms with Crippen molar-refractivity contribution in [2.45, 2.75) is 71.2 Å². The molecular weight excluding hydrogens is 428 g/mol. The van der Waals surface area contributed by atoms with Gasteiger partial charge >= 0.3 is 6.09 Å². The van der Waals surface area contributed by atoms with E-state index in [9.17, 15) is 29.9 Å². The lowest BCUT2D eigenvalue weighted by Crippen LogP contribution is -2.55. The summed E-state index contributed by atoms with van der Waals surface area (Å²) in [5.41, 5.74) is -0.732. The SMILES string of the molecule is CCCC(C)NC(=O)C(c1ccccc1O)N(CC#N)C(=O)C(CO)NC(=O)OC(C)(C)C. The Labute approximate surface area is 194 Å². The van der Waals surface area contributed by atoms with Crippen molar-refractivity contribution < 1.29 is 29.3 Å². The number of rotatable bonds is 10. The molecule has 1 rings (SSSR count). The second-order valence-electron chi connectivity index (χ2n) is 8.67. The quantitative estimate of drug-likeness (QED) is 0.388. The number of aromatic hydroxyl groups is 1. The van der Waals surface area contributed by atoms with Crippen LogP contribution in [0.5, 0.6) is 5.75 Å². The van der Waals surface area contributed by atoms with Crippen molar-refractivity contribution >= 4 is 17.9 Å². The molecule has 0 aliphatic rings. The summed E-state index contributed by atoms with van der Waals surface area (Å²) in [5, 5.41) is 34.6. The lowest BCUT2D eigenvalue weighted by atomic mass is 10.0. The zero-order valence-corrected chi connectivity index (χ0v) is 19.8. The van der Waals surface area contributed by atoms with Crippen LogP contribution >= 0.6 is 0 Å².